The van der Waals surface area contributed by atoms with Crippen LogP contribution < -0.4 is 0 Å². The Kier molecular flexibility index (Phi) is 17.6. The number of fused-ring (bicyclic) bond motifs is 2. The van der Waals surface area contributed by atoms with Crippen LogP contribution >= 0.6 is 0 Å². The number of carbonyl (C=O) groups excluding carboxylic acids is 1. The second-order valence-corrected chi connectivity index (χ2v) is 17.3. The Morgan fingerprint density at radius 3 is 2.44 bits per heavy atom. The van der Waals surface area contributed by atoms with Crippen molar-refractivity contribution in [2.24, 2.45) is 23.7 Å². The number of esters is 1. The van der Waals surface area contributed by atoms with Crippen LogP contribution in [0.2, 0.25) is 0 Å². The fraction of sp³-hybridized carbons (Fsp3) is 0.795. The van der Waals surface area contributed by atoms with Gasteiger partial charge in [-0.2, -0.15) is 0 Å². The summed E-state index contributed by atoms with van der Waals surface area (Å²) >= 11 is 0. The van der Waals surface area contributed by atoms with E-state index in [1.54, 1.807) is 32.9 Å². The number of unbranched alkanes of at least 4 members (excludes halogenated alkanes) is 2. The molecule has 57 heavy (non-hydrogen) atoms. The van der Waals surface area contributed by atoms with Crippen molar-refractivity contribution in [2.75, 3.05) is 13.9 Å². The summed E-state index contributed by atoms with van der Waals surface area (Å²) < 4.78 is 42.7. The third kappa shape index (κ3) is 12.1. The predicted molar refractivity (Wildman–Crippen MR) is 213 cm³/mol. The Labute approximate surface area is 340 Å². The van der Waals surface area contributed by atoms with E-state index in [0.29, 0.717) is 12.0 Å². The number of rotatable bonds is 11. The lowest BCUT2D eigenvalue weighted by molar-refractivity contribution is -0.343. The van der Waals surface area contributed by atoms with Crippen molar-refractivity contribution in [3.05, 3.63) is 47.6 Å². The van der Waals surface area contributed by atoms with E-state index in [1.165, 1.54) is 13.2 Å². The Bertz CT molecular complexity index is 1400. The maximum Gasteiger partial charge on any atom is 0.331 e. The van der Waals surface area contributed by atoms with E-state index in [4.69, 9.17) is 33.2 Å². The molecule has 17 atom stereocenters. The van der Waals surface area contributed by atoms with Gasteiger partial charge in [0.25, 0.3) is 0 Å². The van der Waals surface area contributed by atoms with Gasteiger partial charge in [0.15, 0.2) is 12.1 Å². The van der Waals surface area contributed by atoms with Crippen molar-refractivity contribution in [1.82, 2.24) is 0 Å². The van der Waals surface area contributed by atoms with Gasteiger partial charge in [-0.05, 0) is 53.5 Å². The molecule has 13 heteroatoms. The van der Waals surface area contributed by atoms with Crippen LogP contribution in [-0.2, 0) is 38.0 Å². The molecule has 0 spiro atoms. The van der Waals surface area contributed by atoms with Gasteiger partial charge in [0.1, 0.15) is 30.7 Å². The number of cyclic esters (lactones) is 1. The van der Waals surface area contributed by atoms with Crippen LogP contribution in [0.15, 0.2) is 47.6 Å². The Balaban J connectivity index is 1.61. The molecule has 3 fully saturated rings. The topological polar surface area (TPSA) is 183 Å². The smallest absolute Gasteiger partial charge is 0.331 e. The third-order valence-corrected chi connectivity index (χ3v) is 12.8. The SMILES string of the molecule is CCCCC[C@@H]1OCO[C@@]2(C)/C=C(C)\C=C\C(=O)O[C@H]([C@@H](C)[C@@H](O)[C@@H](C)[C@@]3(O)C[C@@H](O[C@@H]4C[C@H](O)[C@H](O)[C@H](C)O4)[C@H](C)[C@H](C)O3)[C@@H](OC)/C=C/C=C(\C)C[C@H]1[C@H]2O. The van der Waals surface area contributed by atoms with Crippen LogP contribution in [0.25, 0.3) is 0 Å². The Morgan fingerprint density at radius 1 is 1.05 bits per heavy atom. The van der Waals surface area contributed by atoms with Gasteiger partial charge >= 0.3 is 5.97 Å². The molecule has 4 aliphatic rings. The summed E-state index contributed by atoms with van der Waals surface area (Å²) in [5, 5.41) is 56.5. The largest absolute Gasteiger partial charge is 0.456 e. The van der Waals surface area contributed by atoms with Crippen LogP contribution in [0, 0.1) is 23.7 Å². The molecule has 4 heterocycles. The van der Waals surface area contributed by atoms with E-state index >= 15 is 0 Å². The van der Waals surface area contributed by atoms with Crippen molar-refractivity contribution in [3.63, 3.8) is 0 Å². The number of aliphatic hydroxyl groups is 5. The molecule has 0 unspecified atom stereocenters. The summed E-state index contributed by atoms with van der Waals surface area (Å²) in [6, 6.07) is 0. The summed E-state index contributed by atoms with van der Waals surface area (Å²) in [4.78, 5) is 13.5. The minimum absolute atomic E-state index is 0.00431. The lowest BCUT2D eigenvalue weighted by Crippen LogP contribution is -2.59. The highest BCUT2D eigenvalue weighted by molar-refractivity contribution is 5.82. The first-order valence-corrected chi connectivity index (χ1v) is 21.0. The average molecular weight is 809 g/mol. The molecule has 4 aliphatic heterocycles. The van der Waals surface area contributed by atoms with Crippen molar-refractivity contribution in [2.45, 2.75) is 186 Å². The molecule has 326 valence electrons. The van der Waals surface area contributed by atoms with Gasteiger partial charge in [-0.1, -0.05) is 82.4 Å². The fourth-order valence-corrected chi connectivity index (χ4v) is 8.73. The summed E-state index contributed by atoms with van der Waals surface area (Å²) in [5.41, 5.74) is 0.589. The lowest BCUT2D eigenvalue weighted by atomic mass is 9.77. The first kappa shape index (κ1) is 47.7. The number of aliphatic hydroxyl groups excluding tert-OH is 4. The van der Waals surface area contributed by atoms with E-state index in [0.717, 1.165) is 31.3 Å². The van der Waals surface area contributed by atoms with Crippen LogP contribution in [-0.4, -0.2) is 124 Å². The maximum atomic E-state index is 13.5. The van der Waals surface area contributed by atoms with Crippen molar-refractivity contribution >= 4 is 5.97 Å². The molecule has 0 aromatic carbocycles. The Hall–Kier alpha value is -2.01. The van der Waals surface area contributed by atoms with Crippen LogP contribution in [0.1, 0.15) is 107 Å². The van der Waals surface area contributed by atoms with E-state index in [1.807, 2.05) is 52.8 Å². The highest BCUT2D eigenvalue weighted by Gasteiger charge is 2.52. The standard InChI is InChI=1S/C44H72O13/c1-11-12-13-16-34-32-20-25(2)15-14-17-35(51-10)41(56-37(46)19-18-26(3)22-43(9,42(32)49)53-24-52-34)28(5)39(47)29(6)44(50)23-36(27(4)30(7)57-44)55-38-21-33(45)40(48)31(8)54-38/h14-15,17-19,22,27-36,38-42,45,47-50H,11-13,16,20-21,23-24H2,1-10H3/b17-14+,19-18+,25-15+,26-22-/t27-,28+,29-,30+,31+,32-,33+,34+,35+,36-,38-,39-,40-,41-,42-,43+,44-/m1/s1. The zero-order chi connectivity index (χ0) is 42.2. The summed E-state index contributed by atoms with van der Waals surface area (Å²) in [5.74, 6) is -4.60. The third-order valence-electron chi connectivity index (χ3n) is 12.8. The van der Waals surface area contributed by atoms with E-state index in [-0.39, 0.29) is 37.6 Å². The molecule has 0 radical (unpaired) electrons. The number of methoxy groups -OCH3 is 1. The number of hydrogen-bond acceptors (Lipinski definition) is 13. The normalized spacial score (nSPS) is 44.6. The molecule has 4 rings (SSSR count). The first-order chi connectivity index (χ1) is 26.8. The van der Waals surface area contributed by atoms with E-state index < -0.39 is 90.4 Å². The summed E-state index contributed by atoms with van der Waals surface area (Å²) in [6.45, 7) is 16.7. The van der Waals surface area contributed by atoms with Gasteiger partial charge in [0, 0.05) is 49.7 Å². The minimum Gasteiger partial charge on any atom is -0.456 e. The first-order valence-electron chi connectivity index (χ1n) is 21.0. The second-order valence-electron chi connectivity index (χ2n) is 17.3. The monoisotopic (exact) mass is 808 g/mol. The maximum absolute atomic E-state index is 13.5. The zero-order valence-corrected chi connectivity index (χ0v) is 35.8. The van der Waals surface area contributed by atoms with E-state index in [2.05, 4.69) is 6.92 Å². The van der Waals surface area contributed by atoms with Crippen LogP contribution in [0.5, 0.6) is 0 Å². The zero-order valence-electron chi connectivity index (χ0n) is 35.8. The molecule has 13 nitrogen and oxygen atoms in total. The van der Waals surface area contributed by atoms with Gasteiger partial charge in [0.2, 0.25) is 0 Å². The summed E-state index contributed by atoms with van der Waals surface area (Å²) in [6.07, 6.45) is 6.16. The molecule has 0 aromatic rings. The number of ether oxygens (including phenoxy) is 7. The van der Waals surface area contributed by atoms with Gasteiger partial charge < -0.3 is 58.7 Å². The second kappa shape index (κ2) is 21.0. The number of carbonyl (C=O) groups is 1. The molecule has 0 saturated carbocycles. The molecule has 5 N–H and O–H groups in total. The van der Waals surface area contributed by atoms with Gasteiger partial charge in [-0.15, -0.1) is 0 Å². The Morgan fingerprint density at radius 2 is 1.77 bits per heavy atom. The molecule has 0 aromatic heterocycles. The highest BCUT2D eigenvalue weighted by atomic mass is 16.7. The van der Waals surface area contributed by atoms with Gasteiger partial charge in [-0.25, -0.2) is 4.79 Å². The van der Waals surface area contributed by atoms with Crippen molar-refractivity contribution in [3.8, 4) is 0 Å². The van der Waals surface area contributed by atoms with Crippen LogP contribution in [0.4, 0.5) is 0 Å². The fourth-order valence-electron chi connectivity index (χ4n) is 8.73. The van der Waals surface area contributed by atoms with Crippen molar-refractivity contribution in [1.29, 1.82) is 0 Å². The molecular formula is C44H72O13. The molecular weight excluding hydrogens is 736 g/mol. The minimum atomic E-state index is -1.84. The molecule has 0 amide bonds. The molecule has 2 bridgehead atoms. The van der Waals surface area contributed by atoms with Crippen molar-refractivity contribution < 1.29 is 63.5 Å². The quantitative estimate of drug-likeness (QED) is 0.139. The van der Waals surface area contributed by atoms with Crippen LogP contribution in [0.3, 0.4) is 0 Å². The molecule has 0 aliphatic carbocycles. The lowest BCUT2D eigenvalue weighted by Gasteiger charge is -2.49. The van der Waals surface area contributed by atoms with Gasteiger partial charge in [-0.3, -0.25) is 0 Å². The summed E-state index contributed by atoms with van der Waals surface area (Å²) in [7, 11) is 1.50. The number of allylic oxidation sites excluding steroid dienone is 5. The molecule has 3 saturated heterocycles. The number of hydrogen-bond donors (Lipinski definition) is 5. The highest BCUT2D eigenvalue weighted by Crippen LogP contribution is 2.42. The average Bonchev–Trinajstić information content (AvgIpc) is 3.26. The van der Waals surface area contributed by atoms with E-state index in [9.17, 15) is 30.3 Å². The van der Waals surface area contributed by atoms with Gasteiger partial charge in [0.05, 0.1) is 42.7 Å². The predicted octanol–water partition coefficient (Wildman–Crippen LogP) is 5.02.